The van der Waals surface area contributed by atoms with Crippen molar-refractivity contribution in [3.8, 4) is 0 Å². The Morgan fingerprint density at radius 3 is 2.56 bits per heavy atom. The van der Waals surface area contributed by atoms with Crippen LogP contribution in [0.1, 0.15) is 12.5 Å². The Labute approximate surface area is 97.4 Å². The van der Waals surface area contributed by atoms with E-state index in [4.69, 9.17) is 4.74 Å². The minimum Gasteiger partial charge on any atom is -0.396 e. The van der Waals surface area contributed by atoms with Crippen molar-refractivity contribution >= 4 is 0 Å². The molecule has 0 aliphatic carbocycles. The lowest BCUT2D eigenvalue weighted by molar-refractivity contribution is 0.0107. The average molecular weight is 223 g/mol. The first-order valence-corrected chi connectivity index (χ1v) is 5.57. The number of hydrogen-bond acceptors (Lipinski definition) is 3. The van der Waals surface area contributed by atoms with E-state index in [1.54, 1.807) is 0 Å². The van der Waals surface area contributed by atoms with Crippen molar-refractivity contribution in [3.63, 3.8) is 0 Å². The lowest BCUT2D eigenvalue weighted by atomic mass is 9.93. The molecule has 0 amide bonds. The van der Waals surface area contributed by atoms with Gasteiger partial charge in [0.2, 0.25) is 0 Å². The fourth-order valence-corrected chi connectivity index (χ4v) is 1.57. The zero-order chi connectivity index (χ0) is 11.9. The molecule has 1 aromatic carbocycles. The molecule has 2 N–H and O–H groups in total. The molecule has 0 saturated carbocycles. The Kier molecular flexibility index (Phi) is 5.46. The maximum Gasteiger partial charge on any atom is 0.0717 e. The van der Waals surface area contributed by atoms with Gasteiger partial charge in [-0.1, -0.05) is 37.3 Å². The first kappa shape index (κ1) is 13.2. The lowest BCUT2D eigenvalue weighted by Crippen LogP contribution is -2.37. The zero-order valence-electron chi connectivity index (χ0n) is 10.1. The highest BCUT2D eigenvalue weighted by molar-refractivity contribution is 5.13. The topological polar surface area (TPSA) is 41.5 Å². The molecule has 0 aliphatic rings. The van der Waals surface area contributed by atoms with Gasteiger partial charge in [0.15, 0.2) is 0 Å². The van der Waals surface area contributed by atoms with E-state index in [1.807, 2.05) is 44.3 Å². The molecule has 0 aromatic heterocycles. The summed E-state index contributed by atoms with van der Waals surface area (Å²) in [5, 5.41) is 12.4. The number of rotatable bonds is 7. The first-order valence-electron chi connectivity index (χ1n) is 5.57. The molecule has 0 saturated heterocycles. The smallest absolute Gasteiger partial charge is 0.0717 e. The second-order valence-electron chi connectivity index (χ2n) is 4.48. The number of benzene rings is 1. The fourth-order valence-electron chi connectivity index (χ4n) is 1.57. The summed E-state index contributed by atoms with van der Waals surface area (Å²) in [6, 6.07) is 10.1. The van der Waals surface area contributed by atoms with Crippen molar-refractivity contribution in [2.24, 2.45) is 5.41 Å². The lowest BCUT2D eigenvalue weighted by Gasteiger charge is -2.26. The minimum absolute atomic E-state index is 0.128. The highest BCUT2D eigenvalue weighted by Gasteiger charge is 2.22. The molecule has 1 atom stereocenters. The molecule has 1 unspecified atom stereocenters. The Bertz CT molecular complexity index is 289. The monoisotopic (exact) mass is 223 g/mol. The van der Waals surface area contributed by atoms with Crippen LogP contribution in [0, 0.1) is 5.41 Å². The van der Waals surface area contributed by atoms with Gasteiger partial charge in [0, 0.05) is 12.0 Å². The van der Waals surface area contributed by atoms with E-state index in [0.29, 0.717) is 13.2 Å². The Hall–Kier alpha value is -0.900. The predicted molar refractivity (Wildman–Crippen MR) is 65.2 cm³/mol. The molecule has 1 rings (SSSR count). The third-order valence-corrected chi connectivity index (χ3v) is 2.55. The molecule has 0 radical (unpaired) electrons. The van der Waals surface area contributed by atoms with Crippen LogP contribution in [0.5, 0.6) is 0 Å². The quantitative estimate of drug-likeness (QED) is 0.734. The summed E-state index contributed by atoms with van der Waals surface area (Å²) in [6.45, 7) is 4.04. The van der Waals surface area contributed by atoms with Crippen LogP contribution in [0.15, 0.2) is 30.3 Å². The van der Waals surface area contributed by atoms with Crippen LogP contribution >= 0.6 is 0 Å². The maximum absolute atomic E-state index is 9.29. The van der Waals surface area contributed by atoms with Gasteiger partial charge in [0.25, 0.3) is 0 Å². The van der Waals surface area contributed by atoms with E-state index < -0.39 is 0 Å². The van der Waals surface area contributed by atoms with Crippen molar-refractivity contribution in [2.75, 3.05) is 26.8 Å². The summed E-state index contributed by atoms with van der Waals surface area (Å²) in [7, 11) is 1.88. The maximum atomic E-state index is 9.29. The Morgan fingerprint density at radius 1 is 1.31 bits per heavy atom. The van der Waals surface area contributed by atoms with Crippen molar-refractivity contribution in [3.05, 3.63) is 35.9 Å². The van der Waals surface area contributed by atoms with Crippen LogP contribution in [0.3, 0.4) is 0 Å². The van der Waals surface area contributed by atoms with Gasteiger partial charge < -0.3 is 15.2 Å². The van der Waals surface area contributed by atoms with Gasteiger partial charge in [-0.3, -0.25) is 0 Å². The number of aliphatic hydroxyl groups is 1. The van der Waals surface area contributed by atoms with Crippen molar-refractivity contribution in [1.29, 1.82) is 0 Å². The van der Waals surface area contributed by atoms with Crippen LogP contribution in [-0.4, -0.2) is 31.9 Å². The second kappa shape index (κ2) is 6.63. The third-order valence-electron chi connectivity index (χ3n) is 2.55. The number of ether oxygens (including phenoxy) is 1. The highest BCUT2D eigenvalue weighted by atomic mass is 16.5. The molecule has 0 bridgehead atoms. The molecule has 3 heteroatoms. The third kappa shape index (κ3) is 4.31. The van der Waals surface area contributed by atoms with Gasteiger partial charge in [-0.15, -0.1) is 0 Å². The van der Waals surface area contributed by atoms with Gasteiger partial charge in [-0.25, -0.2) is 0 Å². The second-order valence-corrected chi connectivity index (χ2v) is 4.48. The summed E-state index contributed by atoms with van der Waals surface area (Å²) in [5.74, 6) is 0. The summed E-state index contributed by atoms with van der Waals surface area (Å²) in [5.41, 5.74) is 0.955. The van der Waals surface area contributed by atoms with E-state index in [0.717, 1.165) is 12.1 Å². The first-order chi connectivity index (χ1) is 7.70. The molecule has 3 nitrogen and oxygen atoms in total. The Morgan fingerprint density at radius 2 is 2.00 bits per heavy atom. The predicted octanol–water partition coefficient (Wildman–Crippen LogP) is 1.42. The van der Waals surface area contributed by atoms with Gasteiger partial charge >= 0.3 is 0 Å². The summed E-state index contributed by atoms with van der Waals surface area (Å²) >= 11 is 0. The van der Waals surface area contributed by atoms with Crippen LogP contribution in [0.4, 0.5) is 0 Å². The summed E-state index contributed by atoms with van der Waals surface area (Å²) in [6.07, 6.45) is 0. The molecular formula is C13H21NO2. The molecule has 0 spiro atoms. The zero-order valence-corrected chi connectivity index (χ0v) is 10.1. The minimum atomic E-state index is -0.205. The van der Waals surface area contributed by atoms with E-state index in [2.05, 4.69) is 5.32 Å². The van der Waals surface area contributed by atoms with Crippen LogP contribution in [0.25, 0.3) is 0 Å². The van der Waals surface area contributed by atoms with E-state index in [9.17, 15) is 5.11 Å². The van der Waals surface area contributed by atoms with Crippen LogP contribution < -0.4 is 5.32 Å². The van der Waals surface area contributed by atoms with E-state index in [1.165, 1.54) is 0 Å². The normalized spacial score (nSPS) is 14.7. The van der Waals surface area contributed by atoms with Gasteiger partial charge in [0.1, 0.15) is 0 Å². The fraction of sp³-hybridized carbons (Fsp3) is 0.538. The summed E-state index contributed by atoms with van der Waals surface area (Å²) < 4.78 is 5.63. The van der Waals surface area contributed by atoms with Crippen molar-refractivity contribution in [1.82, 2.24) is 5.32 Å². The molecule has 1 aromatic rings. The van der Waals surface area contributed by atoms with E-state index >= 15 is 0 Å². The van der Waals surface area contributed by atoms with Crippen LogP contribution in [-0.2, 0) is 11.3 Å². The molecule has 16 heavy (non-hydrogen) atoms. The molecule has 0 fully saturated rings. The van der Waals surface area contributed by atoms with Crippen molar-refractivity contribution < 1.29 is 9.84 Å². The number of hydrogen-bond donors (Lipinski definition) is 2. The molecule has 0 aliphatic heterocycles. The molecule has 90 valence electrons. The average Bonchev–Trinajstić information content (AvgIpc) is 2.31. The summed E-state index contributed by atoms with van der Waals surface area (Å²) in [4.78, 5) is 0. The Balaban J connectivity index is 2.34. The number of aliphatic hydroxyl groups excluding tert-OH is 1. The van der Waals surface area contributed by atoms with Gasteiger partial charge in [-0.05, 0) is 12.6 Å². The SMILES string of the molecule is CNCC(C)(CO)COCc1ccccc1. The highest BCUT2D eigenvalue weighted by Crippen LogP contribution is 2.15. The molecule has 0 heterocycles. The van der Waals surface area contributed by atoms with Crippen LogP contribution in [0.2, 0.25) is 0 Å². The van der Waals surface area contributed by atoms with Gasteiger partial charge in [-0.2, -0.15) is 0 Å². The van der Waals surface area contributed by atoms with Crippen molar-refractivity contribution in [2.45, 2.75) is 13.5 Å². The molecular weight excluding hydrogens is 202 g/mol. The van der Waals surface area contributed by atoms with E-state index in [-0.39, 0.29) is 12.0 Å². The standard InChI is InChI=1S/C13H21NO2/c1-13(10-15,9-14-2)11-16-8-12-6-4-3-5-7-12/h3-7,14-15H,8-11H2,1-2H3. The van der Waals surface area contributed by atoms with Gasteiger partial charge in [0.05, 0.1) is 19.8 Å². The largest absolute Gasteiger partial charge is 0.396 e. The number of nitrogens with one attached hydrogen (secondary N) is 1.